The maximum Gasteiger partial charge on any atom is 0.0165 e. The third kappa shape index (κ3) is 9.67. The van der Waals surface area contributed by atoms with Gasteiger partial charge in [-0.05, 0) is 46.7 Å². The largest absolute Gasteiger partial charge is 0.315 e. The van der Waals surface area contributed by atoms with E-state index in [-0.39, 0.29) is 5.54 Å². The number of hydrogen-bond donors (Lipinski definition) is 1. The summed E-state index contributed by atoms with van der Waals surface area (Å²) in [6, 6.07) is 0.619. The van der Waals surface area contributed by atoms with Gasteiger partial charge in [0.2, 0.25) is 0 Å². The molecule has 0 aliphatic heterocycles. The van der Waals surface area contributed by atoms with Crippen LogP contribution in [0.4, 0.5) is 0 Å². The molecule has 0 bridgehead atoms. The molecule has 0 rings (SSSR count). The van der Waals surface area contributed by atoms with Gasteiger partial charge in [0, 0.05) is 18.1 Å². The molecule has 0 atom stereocenters. The zero-order chi connectivity index (χ0) is 14.0. The van der Waals surface area contributed by atoms with Gasteiger partial charge in [0.1, 0.15) is 0 Å². The molecule has 18 heavy (non-hydrogen) atoms. The number of unbranched alkanes of at least 4 members (excludes halogenated alkanes) is 3. The Morgan fingerprint density at radius 3 is 2.22 bits per heavy atom. The second-order valence-corrected chi connectivity index (χ2v) is 6.43. The van der Waals surface area contributed by atoms with Crippen molar-refractivity contribution in [1.82, 2.24) is 10.2 Å². The molecule has 0 heterocycles. The maximum absolute atomic E-state index is 3.85. The molecule has 0 aliphatic carbocycles. The molecule has 1 N–H and O–H groups in total. The summed E-state index contributed by atoms with van der Waals surface area (Å²) in [5.74, 6) is 0. The van der Waals surface area contributed by atoms with Gasteiger partial charge in [0.25, 0.3) is 0 Å². The molecule has 0 aliphatic rings. The quantitative estimate of drug-likeness (QED) is 0.471. The minimum absolute atomic E-state index is 0.257. The van der Waals surface area contributed by atoms with Crippen LogP contribution < -0.4 is 5.32 Å². The lowest BCUT2D eigenvalue weighted by molar-refractivity contribution is 0.151. The topological polar surface area (TPSA) is 15.3 Å². The highest BCUT2D eigenvalue weighted by Gasteiger charge is 2.18. The molecular formula is C16H34N2. The zero-order valence-corrected chi connectivity index (χ0v) is 13.3. The van der Waals surface area contributed by atoms with Crippen molar-refractivity contribution < 1.29 is 0 Å². The molecule has 0 spiro atoms. The van der Waals surface area contributed by atoms with E-state index in [1.54, 1.807) is 0 Å². The molecule has 0 saturated heterocycles. The van der Waals surface area contributed by atoms with Crippen LogP contribution in [0.1, 0.15) is 60.3 Å². The van der Waals surface area contributed by atoms with E-state index in [0.717, 1.165) is 13.1 Å². The van der Waals surface area contributed by atoms with Crippen molar-refractivity contribution in [3.05, 3.63) is 12.7 Å². The summed E-state index contributed by atoms with van der Waals surface area (Å²) in [6.45, 7) is 18.4. The van der Waals surface area contributed by atoms with Gasteiger partial charge in [-0.3, -0.25) is 4.90 Å². The smallest absolute Gasteiger partial charge is 0.0165 e. The van der Waals surface area contributed by atoms with Crippen LogP contribution in [0.15, 0.2) is 12.7 Å². The van der Waals surface area contributed by atoms with E-state index >= 15 is 0 Å². The van der Waals surface area contributed by atoms with Gasteiger partial charge >= 0.3 is 0 Å². The summed E-state index contributed by atoms with van der Waals surface area (Å²) < 4.78 is 0. The molecule has 0 fully saturated rings. The average Bonchev–Trinajstić information content (AvgIpc) is 2.24. The lowest BCUT2D eigenvalue weighted by atomic mass is 10.0. The predicted molar refractivity (Wildman–Crippen MR) is 83.1 cm³/mol. The van der Waals surface area contributed by atoms with E-state index in [0.29, 0.717) is 6.04 Å². The maximum atomic E-state index is 3.85. The second kappa shape index (κ2) is 9.57. The van der Waals surface area contributed by atoms with Crippen molar-refractivity contribution in [2.24, 2.45) is 0 Å². The van der Waals surface area contributed by atoms with Crippen molar-refractivity contribution in [3.63, 3.8) is 0 Å². The number of rotatable bonds is 10. The van der Waals surface area contributed by atoms with Gasteiger partial charge in [-0.1, -0.05) is 32.8 Å². The molecule has 0 aromatic heterocycles. The van der Waals surface area contributed by atoms with Crippen LogP contribution in [-0.2, 0) is 0 Å². The fourth-order valence-electron chi connectivity index (χ4n) is 2.03. The van der Waals surface area contributed by atoms with E-state index in [4.69, 9.17) is 0 Å². The highest BCUT2D eigenvalue weighted by Crippen LogP contribution is 2.14. The monoisotopic (exact) mass is 254 g/mol. The lowest BCUT2D eigenvalue weighted by Crippen LogP contribution is -2.42. The Morgan fingerprint density at radius 1 is 1.11 bits per heavy atom. The second-order valence-electron chi connectivity index (χ2n) is 6.43. The van der Waals surface area contributed by atoms with Crippen LogP contribution in [0.5, 0.6) is 0 Å². The van der Waals surface area contributed by atoms with Gasteiger partial charge < -0.3 is 5.32 Å². The van der Waals surface area contributed by atoms with E-state index in [1.165, 1.54) is 32.2 Å². The Bertz CT molecular complexity index is 204. The molecule has 0 amide bonds. The summed E-state index contributed by atoms with van der Waals surface area (Å²) in [5.41, 5.74) is 0.257. The third-order valence-corrected chi connectivity index (χ3v) is 3.21. The van der Waals surface area contributed by atoms with E-state index in [2.05, 4.69) is 51.4 Å². The van der Waals surface area contributed by atoms with Crippen LogP contribution in [0.2, 0.25) is 0 Å². The lowest BCUT2D eigenvalue weighted by Gasteiger charge is -2.34. The van der Waals surface area contributed by atoms with Gasteiger partial charge in [0.05, 0.1) is 0 Å². The molecule has 0 unspecified atom stereocenters. The molecule has 0 saturated carbocycles. The first-order chi connectivity index (χ1) is 8.38. The van der Waals surface area contributed by atoms with Crippen molar-refractivity contribution >= 4 is 0 Å². The van der Waals surface area contributed by atoms with Gasteiger partial charge in [0.15, 0.2) is 0 Å². The van der Waals surface area contributed by atoms with Gasteiger partial charge in [-0.15, -0.1) is 6.58 Å². The number of hydrogen-bond acceptors (Lipinski definition) is 2. The summed E-state index contributed by atoms with van der Waals surface area (Å²) in [6.07, 6.45) is 7.29. The molecule has 0 radical (unpaired) electrons. The van der Waals surface area contributed by atoms with Crippen LogP contribution in [0, 0.1) is 0 Å². The van der Waals surface area contributed by atoms with Crippen molar-refractivity contribution in [1.29, 1.82) is 0 Å². The minimum Gasteiger partial charge on any atom is -0.315 e. The highest BCUT2D eigenvalue weighted by molar-refractivity contribution is 4.82. The Balaban J connectivity index is 3.59. The van der Waals surface area contributed by atoms with Crippen LogP contribution >= 0.6 is 0 Å². The molecule has 108 valence electrons. The van der Waals surface area contributed by atoms with Crippen LogP contribution in [0.25, 0.3) is 0 Å². The molecular weight excluding hydrogens is 220 g/mol. The molecule has 0 aromatic carbocycles. The first-order valence-electron chi connectivity index (χ1n) is 7.47. The normalized spacial score (nSPS) is 12.4. The van der Waals surface area contributed by atoms with Crippen LogP contribution in [-0.4, -0.2) is 36.1 Å². The number of nitrogens with one attached hydrogen (secondary N) is 1. The Kier molecular flexibility index (Phi) is 9.39. The highest BCUT2D eigenvalue weighted by atomic mass is 15.2. The van der Waals surface area contributed by atoms with Gasteiger partial charge in [-0.2, -0.15) is 0 Å². The summed E-state index contributed by atoms with van der Waals surface area (Å²) in [7, 11) is 0. The van der Waals surface area contributed by atoms with E-state index in [1.807, 2.05) is 6.08 Å². The average molecular weight is 254 g/mol. The third-order valence-electron chi connectivity index (χ3n) is 3.21. The summed E-state index contributed by atoms with van der Waals surface area (Å²) in [4.78, 5) is 2.51. The Morgan fingerprint density at radius 2 is 1.72 bits per heavy atom. The van der Waals surface area contributed by atoms with Crippen molar-refractivity contribution in [3.8, 4) is 0 Å². The van der Waals surface area contributed by atoms with Crippen LogP contribution in [0.3, 0.4) is 0 Å². The predicted octanol–water partition coefficient (Wildman–Crippen LogP) is 3.83. The Labute approximate surface area is 115 Å². The van der Waals surface area contributed by atoms with Gasteiger partial charge in [-0.25, -0.2) is 0 Å². The fraction of sp³-hybridized carbons (Fsp3) is 0.875. The standard InChI is InChI=1S/C16H34N2/c1-7-13-18(16(4,5)6)14-11-9-8-10-12-17-15(2)3/h7,15,17H,1,8-14H2,2-6H3. The zero-order valence-electron chi connectivity index (χ0n) is 13.3. The summed E-state index contributed by atoms with van der Waals surface area (Å²) >= 11 is 0. The van der Waals surface area contributed by atoms with Crippen molar-refractivity contribution in [2.45, 2.75) is 71.9 Å². The molecule has 2 heteroatoms. The Hall–Kier alpha value is -0.340. The SMILES string of the molecule is C=CCN(CCCCCCNC(C)C)C(C)(C)C. The minimum atomic E-state index is 0.257. The first kappa shape index (κ1) is 17.7. The van der Waals surface area contributed by atoms with E-state index < -0.39 is 0 Å². The molecule has 2 nitrogen and oxygen atoms in total. The van der Waals surface area contributed by atoms with Crippen molar-refractivity contribution in [2.75, 3.05) is 19.6 Å². The fourth-order valence-corrected chi connectivity index (χ4v) is 2.03. The molecule has 0 aromatic rings. The summed E-state index contributed by atoms with van der Waals surface area (Å²) in [5, 5.41) is 3.47. The first-order valence-corrected chi connectivity index (χ1v) is 7.47. The number of nitrogens with zero attached hydrogens (tertiary/aromatic N) is 1. The van der Waals surface area contributed by atoms with E-state index in [9.17, 15) is 0 Å².